The molecule has 7 nitrogen and oxygen atoms in total. The summed E-state index contributed by atoms with van der Waals surface area (Å²) in [5, 5.41) is 2.91. The zero-order valence-electron chi connectivity index (χ0n) is 21.0. The number of benzene rings is 3. The van der Waals surface area contributed by atoms with E-state index in [0.29, 0.717) is 17.2 Å². The van der Waals surface area contributed by atoms with Crippen LogP contribution in [0, 0.1) is 20.8 Å². The van der Waals surface area contributed by atoms with E-state index in [0.717, 1.165) is 22.3 Å². The van der Waals surface area contributed by atoms with Crippen LogP contribution in [0.5, 0.6) is 11.5 Å². The summed E-state index contributed by atoms with van der Waals surface area (Å²) in [4.78, 5) is 13.3. The molecule has 3 rings (SSSR count). The van der Waals surface area contributed by atoms with E-state index in [1.165, 1.54) is 4.31 Å². The summed E-state index contributed by atoms with van der Waals surface area (Å²) in [7, 11) is -0.887. The molecule has 1 amide bonds. The lowest BCUT2D eigenvalue weighted by Gasteiger charge is -2.27. The van der Waals surface area contributed by atoms with E-state index in [9.17, 15) is 13.2 Å². The second-order valence-corrected chi connectivity index (χ2v) is 10.3. The van der Waals surface area contributed by atoms with E-state index in [1.807, 2.05) is 33.8 Å². The summed E-state index contributed by atoms with van der Waals surface area (Å²) in [6.45, 7) is 7.08. The van der Waals surface area contributed by atoms with Crippen molar-refractivity contribution in [2.24, 2.45) is 0 Å². The lowest BCUT2D eigenvalue weighted by Crippen LogP contribution is -2.42. The van der Waals surface area contributed by atoms with Gasteiger partial charge >= 0.3 is 0 Å². The number of nitrogens with zero attached hydrogens (tertiary/aromatic N) is 1. The highest BCUT2D eigenvalue weighted by Crippen LogP contribution is 2.31. The predicted molar refractivity (Wildman–Crippen MR) is 138 cm³/mol. The summed E-state index contributed by atoms with van der Waals surface area (Å²) in [6, 6.07) is 16.9. The molecule has 0 heterocycles. The molecular formula is C27H32N2O5S. The van der Waals surface area contributed by atoms with Crippen LogP contribution in [0.15, 0.2) is 65.6 Å². The summed E-state index contributed by atoms with van der Waals surface area (Å²) < 4.78 is 39.3. The van der Waals surface area contributed by atoms with Gasteiger partial charge in [-0.3, -0.25) is 9.10 Å². The Morgan fingerprint density at radius 1 is 0.971 bits per heavy atom. The van der Waals surface area contributed by atoms with Gasteiger partial charge in [0.25, 0.3) is 10.0 Å². The summed E-state index contributed by atoms with van der Waals surface area (Å²) in [6.07, 6.45) is 0. The van der Waals surface area contributed by atoms with Crippen LogP contribution in [0.25, 0.3) is 0 Å². The van der Waals surface area contributed by atoms with Crippen molar-refractivity contribution in [3.63, 3.8) is 0 Å². The highest BCUT2D eigenvalue weighted by atomic mass is 32.2. The van der Waals surface area contributed by atoms with Crippen molar-refractivity contribution in [3.8, 4) is 11.5 Å². The number of hydrogen-bond acceptors (Lipinski definition) is 5. The minimum atomic E-state index is -4.00. The van der Waals surface area contributed by atoms with Gasteiger partial charge in [-0.05, 0) is 75.2 Å². The minimum absolute atomic E-state index is 0.124. The smallest absolute Gasteiger partial charge is 0.264 e. The van der Waals surface area contributed by atoms with Crippen molar-refractivity contribution in [1.82, 2.24) is 5.32 Å². The first-order valence-corrected chi connectivity index (χ1v) is 12.7. The number of anilines is 1. The lowest BCUT2D eigenvalue weighted by molar-refractivity contribution is -0.120. The van der Waals surface area contributed by atoms with E-state index in [2.05, 4.69) is 5.32 Å². The van der Waals surface area contributed by atoms with E-state index in [4.69, 9.17) is 9.47 Å². The molecule has 0 aliphatic rings. The fourth-order valence-corrected chi connectivity index (χ4v) is 5.29. The third-order valence-corrected chi connectivity index (χ3v) is 7.80. The third kappa shape index (κ3) is 5.77. The van der Waals surface area contributed by atoms with E-state index in [1.54, 1.807) is 68.8 Å². The number of rotatable bonds is 9. The van der Waals surface area contributed by atoms with Crippen molar-refractivity contribution in [3.05, 3.63) is 82.9 Å². The Balaban J connectivity index is 1.96. The number of sulfonamides is 1. The largest absolute Gasteiger partial charge is 0.497 e. The fourth-order valence-electron chi connectivity index (χ4n) is 3.82. The van der Waals surface area contributed by atoms with Crippen molar-refractivity contribution in [2.45, 2.75) is 38.6 Å². The molecule has 3 aromatic carbocycles. The van der Waals surface area contributed by atoms with Crippen molar-refractivity contribution < 1.29 is 22.7 Å². The maximum atomic E-state index is 13.7. The molecule has 0 saturated heterocycles. The standard InChI is InChI=1S/C27H32N2O5S/c1-18-10-13-23(14-11-18)35(31,32)29(25-9-7-8-19(2)20(25)3)17-27(30)28-21(4)24-16-22(33-5)12-15-26(24)34-6/h7-16,21H,17H2,1-6H3,(H,28,30)/t21-/m1/s1. The first kappa shape index (κ1) is 26.1. The molecule has 0 bridgehead atoms. The average molecular weight is 497 g/mol. The second kappa shape index (κ2) is 10.8. The molecule has 186 valence electrons. The van der Waals surface area contributed by atoms with Gasteiger partial charge < -0.3 is 14.8 Å². The number of carbonyl (C=O) groups excluding carboxylic acids is 1. The fraction of sp³-hybridized carbons (Fsp3) is 0.296. The molecule has 35 heavy (non-hydrogen) atoms. The molecule has 0 aliphatic carbocycles. The molecule has 0 radical (unpaired) electrons. The first-order valence-electron chi connectivity index (χ1n) is 11.3. The molecule has 0 unspecified atom stereocenters. The SMILES string of the molecule is COc1ccc(OC)c([C@@H](C)NC(=O)CN(c2cccc(C)c2C)S(=O)(=O)c2ccc(C)cc2)c1. The number of aryl methyl sites for hydroxylation is 2. The highest BCUT2D eigenvalue weighted by molar-refractivity contribution is 7.92. The molecule has 0 aromatic heterocycles. The van der Waals surface area contributed by atoms with Crippen LogP contribution in [0.3, 0.4) is 0 Å². The number of ether oxygens (including phenoxy) is 2. The van der Waals surface area contributed by atoms with Gasteiger partial charge in [-0.1, -0.05) is 29.8 Å². The number of hydrogen-bond donors (Lipinski definition) is 1. The summed E-state index contributed by atoms with van der Waals surface area (Å²) in [5.41, 5.74) is 3.85. The lowest BCUT2D eigenvalue weighted by atomic mass is 10.1. The Hall–Kier alpha value is -3.52. The zero-order valence-corrected chi connectivity index (χ0v) is 21.8. The molecule has 1 atom stereocenters. The van der Waals surface area contributed by atoms with E-state index < -0.39 is 22.0 Å². The van der Waals surface area contributed by atoms with Gasteiger partial charge in [0.05, 0.1) is 30.8 Å². The van der Waals surface area contributed by atoms with Crippen LogP contribution >= 0.6 is 0 Å². The topological polar surface area (TPSA) is 84.9 Å². The minimum Gasteiger partial charge on any atom is -0.497 e. The van der Waals surface area contributed by atoms with E-state index >= 15 is 0 Å². The quantitative estimate of drug-likeness (QED) is 0.464. The normalized spacial score (nSPS) is 12.1. The summed E-state index contributed by atoms with van der Waals surface area (Å²) in [5.74, 6) is 0.775. The monoisotopic (exact) mass is 496 g/mol. The van der Waals surface area contributed by atoms with Gasteiger partial charge in [0.1, 0.15) is 18.0 Å². The first-order chi connectivity index (χ1) is 16.6. The van der Waals surface area contributed by atoms with Crippen LogP contribution < -0.4 is 19.1 Å². The van der Waals surface area contributed by atoms with Crippen LogP contribution in [0.1, 0.15) is 35.2 Å². The third-order valence-electron chi connectivity index (χ3n) is 6.02. The Morgan fingerprint density at radius 2 is 1.66 bits per heavy atom. The average Bonchev–Trinajstić information content (AvgIpc) is 2.84. The molecule has 3 aromatic rings. The Kier molecular flexibility index (Phi) is 8.07. The van der Waals surface area contributed by atoms with Gasteiger partial charge in [0.2, 0.25) is 5.91 Å². The zero-order chi connectivity index (χ0) is 25.8. The number of nitrogens with one attached hydrogen (secondary N) is 1. The van der Waals surface area contributed by atoms with Crippen LogP contribution in [0.2, 0.25) is 0 Å². The van der Waals surface area contributed by atoms with Gasteiger partial charge in [0.15, 0.2) is 0 Å². The summed E-state index contributed by atoms with van der Waals surface area (Å²) >= 11 is 0. The van der Waals surface area contributed by atoms with Gasteiger partial charge in [-0.25, -0.2) is 8.42 Å². The van der Waals surface area contributed by atoms with Crippen LogP contribution in [-0.4, -0.2) is 35.1 Å². The molecule has 1 N–H and O–H groups in total. The second-order valence-electron chi connectivity index (χ2n) is 8.44. The Bertz CT molecular complexity index is 1300. The number of methoxy groups -OCH3 is 2. The van der Waals surface area contributed by atoms with Crippen molar-refractivity contribution in [1.29, 1.82) is 0 Å². The highest BCUT2D eigenvalue weighted by Gasteiger charge is 2.29. The molecular weight excluding hydrogens is 464 g/mol. The van der Waals surface area contributed by atoms with Crippen molar-refractivity contribution in [2.75, 3.05) is 25.1 Å². The molecule has 8 heteroatoms. The molecule has 0 spiro atoms. The Labute approximate surface area is 207 Å². The van der Waals surface area contributed by atoms with Crippen molar-refractivity contribution >= 4 is 21.6 Å². The van der Waals surface area contributed by atoms with Gasteiger partial charge in [0, 0.05) is 5.56 Å². The predicted octanol–water partition coefficient (Wildman–Crippen LogP) is 4.70. The number of carbonyl (C=O) groups is 1. The van der Waals surface area contributed by atoms with Crippen LogP contribution in [-0.2, 0) is 14.8 Å². The molecule has 0 fully saturated rings. The van der Waals surface area contributed by atoms with Crippen LogP contribution in [0.4, 0.5) is 5.69 Å². The maximum Gasteiger partial charge on any atom is 0.264 e. The number of amides is 1. The Morgan fingerprint density at radius 3 is 2.29 bits per heavy atom. The molecule has 0 aliphatic heterocycles. The van der Waals surface area contributed by atoms with Gasteiger partial charge in [-0.15, -0.1) is 0 Å². The molecule has 0 saturated carbocycles. The maximum absolute atomic E-state index is 13.7. The van der Waals surface area contributed by atoms with E-state index in [-0.39, 0.29) is 11.4 Å². The van der Waals surface area contributed by atoms with Gasteiger partial charge in [-0.2, -0.15) is 0 Å².